The van der Waals surface area contributed by atoms with Crippen molar-refractivity contribution in [1.29, 1.82) is 0 Å². The number of nitrogens with zero attached hydrogens (tertiary/aromatic N) is 2. The number of aromatic nitrogens is 1. The van der Waals surface area contributed by atoms with E-state index in [9.17, 15) is 0 Å². The molecule has 6 heteroatoms. The molecule has 0 amide bonds. The van der Waals surface area contributed by atoms with Crippen LogP contribution in [-0.4, -0.2) is 37.4 Å². The average Bonchev–Trinajstić information content (AvgIpc) is 3.24. The summed E-state index contributed by atoms with van der Waals surface area (Å²) < 4.78 is 10.9. The number of aliphatic imine (C=N–C) groups is 1. The summed E-state index contributed by atoms with van der Waals surface area (Å²) in [5, 5.41) is 10.5. The second-order valence-electron chi connectivity index (χ2n) is 5.63. The third-order valence-corrected chi connectivity index (χ3v) is 3.52. The topological polar surface area (TPSA) is 71.7 Å². The molecule has 1 aliphatic carbocycles. The number of ether oxygens (including phenoxy) is 1. The van der Waals surface area contributed by atoms with Gasteiger partial charge in [0.15, 0.2) is 11.7 Å². The van der Waals surface area contributed by atoms with E-state index in [0.29, 0.717) is 6.54 Å². The highest BCUT2D eigenvalue weighted by Gasteiger charge is 2.20. The van der Waals surface area contributed by atoms with E-state index in [1.807, 2.05) is 6.07 Å². The van der Waals surface area contributed by atoms with Crippen molar-refractivity contribution >= 4 is 5.96 Å². The fourth-order valence-electron chi connectivity index (χ4n) is 2.01. The molecule has 0 radical (unpaired) electrons. The summed E-state index contributed by atoms with van der Waals surface area (Å²) in [7, 11) is 0. The molecule has 0 aromatic carbocycles. The third kappa shape index (κ3) is 6.47. The van der Waals surface area contributed by atoms with Crippen LogP contribution in [0.2, 0.25) is 0 Å². The lowest BCUT2D eigenvalue weighted by atomic mass is 10.3. The quantitative estimate of drug-likeness (QED) is 0.393. The van der Waals surface area contributed by atoms with Gasteiger partial charge in [-0.1, -0.05) is 12.1 Å². The smallest absolute Gasteiger partial charge is 0.191 e. The van der Waals surface area contributed by atoms with Crippen LogP contribution in [-0.2, 0) is 17.7 Å². The zero-order valence-corrected chi connectivity index (χ0v) is 13.7. The summed E-state index contributed by atoms with van der Waals surface area (Å²) in [6.07, 6.45) is 4.56. The number of hydrogen-bond acceptors (Lipinski definition) is 4. The Morgan fingerprint density at radius 2 is 2.27 bits per heavy atom. The molecule has 0 atom stereocenters. The highest BCUT2D eigenvalue weighted by molar-refractivity contribution is 5.79. The highest BCUT2D eigenvalue weighted by Crippen LogP contribution is 2.28. The normalized spacial score (nSPS) is 15.1. The van der Waals surface area contributed by atoms with Gasteiger partial charge in [-0.3, -0.25) is 0 Å². The maximum atomic E-state index is 5.62. The van der Waals surface area contributed by atoms with Gasteiger partial charge in [-0.25, -0.2) is 4.99 Å². The summed E-state index contributed by atoms with van der Waals surface area (Å²) in [6.45, 7) is 8.04. The van der Waals surface area contributed by atoms with E-state index in [4.69, 9.17) is 9.26 Å². The van der Waals surface area contributed by atoms with Gasteiger partial charge in [-0.2, -0.15) is 0 Å². The lowest BCUT2D eigenvalue weighted by Gasteiger charge is -2.10. The zero-order chi connectivity index (χ0) is 15.6. The SMILES string of the molecule is CCNC(=NCc1cc(CC)no1)NCCCOCC1CC1. The Balaban J connectivity index is 1.64. The molecule has 2 N–H and O–H groups in total. The molecule has 1 saturated carbocycles. The fourth-order valence-corrected chi connectivity index (χ4v) is 2.01. The summed E-state index contributed by atoms with van der Waals surface area (Å²) in [5.41, 5.74) is 0.968. The fraction of sp³-hybridized carbons (Fsp3) is 0.750. The zero-order valence-electron chi connectivity index (χ0n) is 13.7. The van der Waals surface area contributed by atoms with Crippen LogP contribution in [0.5, 0.6) is 0 Å². The maximum absolute atomic E-state index is 5.62. The summed E-state index contributed by atoms with van der Waals surface area (Å²) in [6, 6.07) is 1.96. The van der Waals surface area contributed by atoms with Crippen LogP contribution in [0.15, 0.2) is 15.6 Å². The second kappa shape index (κ2) is 9.46. The van der Waals surface area contributed by atoms with Crippen molar-refractivity contribution in [2.75, 3.05) is 26.3 Å². The Hall–Kier alpha value is -1.56. The molecular weight excluding hydrogens is 280 g/mol. The van der Waals surface area contributed by atoms with Crippen molar-refractivity contribution in [3.05, 3.63) is 17.5 Å². The first-order valence-electron chi connectivity index (χ1n) is 8.36. The Morgan fingerprint density at radius 3 is 2.95 bits per heavy atom. The van der Waals surface area contributed by atoms with Gasteiger partial charge in [0.1, 0.15) is 6.54 Å². The number of nitrogens with one attached hydrogen (secondary N) is 2. The number of hydrogen-bond donors (Lipinski definition) is 2. The van der Waals surface area contributed by atoms with E-state index in [0.717, 1.165) is 62.5 Å². The monoisotopic (exact) mass is 308 g/mol. The molecule has 1 fully saturated rings. The molecule has 0 unspecified atom stereocenters. The molecule has 0 bridgehead atoms. The predicted molar refractivity (Wildman–Crippen MR) is 86.9 cm³/mol. The molecule has 2 rings (SSSR count). The molecule has 22 heavy (non-hydrogen) atoms. The van der Waals surface area contributed by atoms with Gasteiger partial charge in [0.25, 0.3) is 0 Å². The van der Waals surface area contributed by atoms with Crippen molar-refractivity contribution in [3.8, 4) is 0 Å². The Bertz CT molecular complexity index is 455. The van der Waals surface area contributed by atoms with E-state index in [1.54, 1.807) is 0 Å². The molecule has 0 spiro atoms. The van der Waals surface area contributed by atoms with Crippen LogP contribution < -0.4 is 10.6 Å². The largest absolute Gasteiger partial charge is 0.381 e. The van der Waals surface area contributed by atoms with E-state index in [2.05, 4.69) is 34.6 Å². The second-order valence-corrected chi connectivity index (χ2v) is 5.63. The molecular formula is C16H28N4O2. The number of aryl methyl sites for hydroxylation is 1. The minimum atomic E-state index is 0.501. The van der Waals surface area contributed by atoms with Gasteiger partial charge in [0.2, 0.25) is 0 Å². The first kappa shape index (κ1) is 16.8. The Kier molecular flexibility index (Phi) is 7.22. The van der Waals surface area contributed by atoms with Crippen LogP contribution in [0.4, 0.5) is 0 Å². The Morgan fingerprint density at radius 1 is 1.41 bits per heavy atom. The number of guanidine groups is 1. The average molecular weight is 308 g/mol. The Labute approximate surface area is 132 Å². The lowest BCUT2D eigenvalue weighted by molar-refractivity contribution is 0.123. The van der Waals surface area contributed by atoms with Gasteiger partial charge in [-0.05, 0) is 38.5 Å². The third-order valence-electron chi connectivity index (χ3n) is 3.52. The van der Waals surface area contributed by atoms with Crippen molar-refractivity contribution in [2.45, 2.75) is 46.1 Å². The first-order chi connectivity index (χ1) is 10.8. The summed E-state index contributed by atoms with van der Waals surface area (Å²) in [4.78, 5) is 4.51. The van der Waals surface area contributed by atoms with Crippen LogP contribution in [0, 0.1) is 5.92 Å². The maximum Gasteiger partial charge on any atom is 0.191 e. The van der Waals surface area contributed by atoms with Crippen LogP contribution in [0.3, 0.4) is 0 Å². The van der Waals surface area contributed by atoms with Crippen molar-refractivity contribution < 1.29 is 9.26 Å². The van der Waals surface area contributed by atoms with Gasteiger partial charge < -0.3 is 19.9 Å². The minimum absolute atomic E-state index is 0.501. The molecule has 0 aliphatic heterocycles. The van der Waals surface area contributed by atoms with Crippen molar-refractivity contribution in [3.63, 3.8) is 0 Å². The predicted octanol–water partition coefficient (Wildman–Crippen LogP) is 2.11. The van der Waals surface area contributed by atoms with Crippen molar-refractivity contribution in [2.24, 2.45) is 10.9 Å². The van der Waals surface area contributed by atoms with Crippen LogP contribution in [0.1, 0.15) is 44.6 Å². The standard InChI is InChI=1S/C16H28N4O2/c1-3-14-10-15(22-20-14)11-19-16(17-4-2)18-8-5-9-21-12-13-6-7-13/h10,13H,3-9,11-12H2,1-2H3,(H2,17,18,19). The van der Waals surface area contributed by atoms with Crippen molar-refractivity contribution in [1.82, 2.24) is 15.8 Å². The first-order valence-corrected chi connectivity index (χ1v) is 8.36. The van der Waals surface area contributed by atoms with Gasteiger partial charge in [-0.15, -0.1) is 0 Å². The van der Waals surface area contributed by atoms with Gasteiger partial charge in [0, 0.05) is 32.4 Å². The molecule has 124 valence electrons. The highest BCUT2D eigenvalue weighted by atomic mass is 16.5. The van der Waals surface area contributed by atoms with Gasteiger partial charge in [0.05, 0.1) is 5.69 Å². The van der Waals surface area contributed by atoms with E-state index >= 15 is 0 Å². The van der Waals surface area contributed by atoms with Crippen LogP contribution >= 0.6 is 0 Å². The lowest BCUT2D eigenvalue weighted by Crippen LogP contribution is -2.38. The molecule has 6 nitrogen and oxygen atoms in total. The van der Waals surface area contributed by atoms with Crippen LogP contribution in [0.25, 0.3) is 0 Å². The van der Waals surface area contributed by atoms with E-state index in [-0.39, 0.29) is 0 Å². The summed E-state index contributed by atoms with van der Waals surface area (Å²) >= 11 is 0. The molecule has 1 aromatic heterocycles. The molecule has 1 heterocycles. The molecule has 1 aromatic rings. The number of rotatable bonds is 10. The molecule has 0 saturated heterocycles. The van der Waals surface area contributed by atoms with E-state index < -0.39 is 0 Å². The summed E-state index contributed by atoms with van der Waals surface area (Å²) in [5.74, 6) is 2.43. The molecule has 1 aliphatic rings. The minimum Gasteiger partial charge on any atom is -0.381 e. The van der Waals surface area contributed by atoms with E-state index in [1.165, 1.54) is 12.8 Å². The van der Waals surface area contributed by atoms with Gasteiger partial charge >= 0.3 is 0 Å².